The van der Waals surface area contributed by atoms with E-state index in [1.54, 1.807) is 13.8 Å². The van der Waals surface area contributed by atoms with Gasteiger partial charge >= 0.3 is 0 Å². The molecule has 1 saturated heterocycles. The largest absolute Gasteiger partial charge is 0.368 e. The molecule has 0 spiro atoms. The number of aliphatic hydroxyl groups is 1. The van der Waals surface area contributed by atoms with E-state index in [-0.39, 0.29) is 48.8 Å². The van der Waals surface area contributed by atoms with Gasteiger partial charge in [0.25, 0.3) is 0 Å². The molecule has 0 saturated carbocycles. The average molecular weight is 350 g/mol. The van der Waals surface area contributed by atoms with E-state index >= 15 is 0 Å². The number of ether oxygens (including phenoxy) is 1. The second-order valence-corrected chi connectivity index (χ2v) is 6.46. The number of carbonyl (C=O) groups excluding carboxylic acids is 2. The Morgan fingerprint density at radius 1 is 1.08 bits per heavy atom. The van der Waals surface area contributed by atoms with Crippen molar-refractivity contribution in [3.05, 3.63) is 22.8 Å². The van der Waals surface area contributed by atoms with E-state index in [1.807, 2.05) is 0 Å². The van der Waals surface area contributed by atoms with Gasteiger partial charge in [0, 0.05) is 32.9 Å². The Morgan fingerprint density at radius 2 is 1.60 bits per heavy atom. The molecule has 1 fully saturated rings. The lowest BCUT2D eigenvalue weighted by Crippen LogP contribution is -2.45. The van der Waals surface area contributed by atoms with Crippen LogP contribution in [0.1, 0.15) is 39.5 Å². The van der Waals surface area contributed by atoms with Crippen LogP contribution in [0.25, 0.3) is 9.69 Å². The summed E-state index contributed by atoms with van der Waals surface area (Å²) >= 11 is 0. The number of hydrogen-bond acceptors (Lipinski definition) is 4. The third kappa shape index (κ3) is 7.97. The minimum absolute atomic E-state index is 0.144. The van der Waals surface area contributed by atoms with Crippen LogP contribution < -0.4 is 10.6 Å². The molecule has 0 aromatic rings. The van der Waals surface area contributed by atoms with Crippen LogP contribution >= 0.6 is 0 Å². The minimum atomic E-state index is -1.00. The van der Waals surface area contributed by atoms with Crippen molar-refractivity contribution in [1.82, 2.24) is 10.6 Å². The Labute approximate surface area is 148 Å². The first-order valence-electron chi connectivity index (χ1n) is 8.45. The van der Waals surface area contributed by atoms with E-state index in [2.05, 4.69) is 20.3 Å². The van der Waals surface area contributed by atoms with Crippen LogP contribution in [0.15, 0.2) is 0 Å². The molecule has 0 aliphatic carbocycles. The van der Waals surface area contributed by atoms with Crippen LogP contribution in [0.4, 0.5) is 0 Å². The van der Waals surface area contributed by atoms with Crippen molar-refractivity contribution < 1.29 is 19.4 Å². The number of aliphatic hydroxyl groups excluding tert-OH is 1. The summed E-state index contributed by atoms with van der Waals surface area (Å²) in [5.74, 6) is -0.620. The lowest BCUT2D eigenvalue weighted by molar-refractivity contribution is -0.191. The molecule has 0 radical (unpaired) electrons. The van der Waals surface area contributed by atoms with E-state index < -0.39 is 6.29 Å². The molecule has 1 aliphatic heterocycles. The molecule has 138 valence electrons. The number of carbonyl (C=O) groups is 2. The molecule has 8 nitrogen and oxygen atoms in total. The van der Waals surface area contributed by atoms with Crippen molar-refractivity contribution in [3.8, 4) is 0 Å². The fourth-order valence-electron chi connectivity index (χ4n) is 2.52. The third-order valence-corrected chi connectivity index (χ3v) is 4.09. The maximum atomic E-state index is 11.7. The lowest BCUT2D eigenvalue weighted by atomic mass is 9.96. The van der Waals surface area contributed by atoms with E-state index in [4.69, 9.17) is 17.9 Å². The molecule has 0 aromatic carbocycles. The van der Waals surface area contributed by atoms with Crippen molar-refractivity contribution in [2.45, 2.75) is 64.0 Å². The zero-order chi connectivity index (χ0) is 18.8. The normalized spacial score (nSPS) is 25.1. The molecule has 5 atom stereocenters. The standard InChI is InChI=1S/C17H26N4O4/c1-11(18-3)7-15(22)20-9-13-5-6-14(25-17(13)24)10-21-16(23)8-12(2)19-4/h11-14,17,24H,5-10H2,1-2H3,(H,20,22)(H,21,23). The predicted octanol–water partition coefficient (Wildman–Crippen LogP) is 0.728. The highest BCUT2D eigenvalue weighted by Crippen LogP contribution is 2.23. The minimum Gasteiger partial charge on any atom is -0.368 e. The highest BCUT2D eigenvalue weighted by atomic mass is 16.6. The van der Waals surface area contributed by atoms with Crippen molar-refractivity contribution in [3.63, 3.8) is 0 Å². The van der Waals surface area contributed by atoms with Crippen LogP contribution in [0.3, 0.4) is 0 Å². The van der Waals surface area contributed by atoms with Crippen molar-refractivity contribution >= 4 is 11.8 Å². The lowest BCUT2D eigenvalue weighted by Gasteiger charge is -2.33. The molecular weight excluding hydrogens is 324 g/mol. The molecule has 3 N–H and O–H groups in total. The van der Waals surface area contributed by atoms with E-state index in [9.17, 15) is 14.7 Å². The molecule has 8 heteroatoms. The Hall–Kier alpha value is -2.16. The van der Waals surface area contributed by atoms with Crippen LogP contribution in [-0.2, 0) is 14.3 Å². The van der Waals surface area contributed by atoms with Gasteiger partial charge in [0.05, 0.1) is 6.10 Å². The van der Waals surface area contributed by atoms with Crippen molar-refractivity contribution in [1.29, 1.82) is 0 Å². The Kier molecular flexibility index (Phi) is 8.90. The summed E-state index contributed by atoms with van der Waals surface area (Å²) < 4.78 is 5.50. The summed E-state index contributed by atoms with van der Waals surface area (Å²) in [6.07, 6.45) is 0.335. The number of nitrogens with one attached hydrogen (secondary N) is 2. The van der Waals surface area contributed by atoms with E-state index in [0.29, 0.717) is 25.9 Å². The Bertz CT molecular complexity index is 540. The first-order valence-corrected chi connectivity index (χ1v) is 8.45. The SMILES string of the molecule is [C-]#[N+]C(C)CC(=O)NCC1CCC(CNC(=O)CC(C)[N+]#[C-])C(O)O1. The van der Waals surface area contributed by atoms with Crippen molar-refractivity contribution in [2.75, 3.05) is 13.1 Å². The van der Waals surface area contributed by atoms with Gasteiger partial charge in [0.2, 0.25) is 23.9 Å². The smallest absolute Gasteiger partial charge is 0.229 e. The molecular formula is C17H26N4O4. The fraction of sp³-hybridized carbons (Fsp3) is 0.765. The highest BCUT2D eigenvalue weighted by Gasteiger charge is 2.30. The second-order valence-electron chi connectivity index (χ2n) is 6.46. The molecule has 25 heavy (non-hydrogen) atoms. The third-order valence-electron chi connectivity index (χ3n) is 4.09. The summed E-state index contributed by atoms with van der Waals surface area (Å²) in [6, 6.07) is -0.706. The summed E-state index contributed by atoms with van der Waals surface area (Å²) in [5, 5.41) is 15.5. The molecule has 1 aliphatic rings. The van der Waals surface area contributed by atoms with Gasteiger partial charge in [0.1, 0.15) is 12.8 Å². The predicted molar refractivity (Wildman–Crippen MR) is 91.0 cm³/mol. The molecule has 0 aromatic heterocycles. The second kappa shape index (κ2) is 10.7. The highest BCUT2D eigenvalue weighted by molar-refractivity contribution is 5.77. The monoisotopic (exact) mass is 350 g/mol. The first kappa shape index (κ1) is 20.9. The molecule has 0 bridgehead atoms. The molecule has 2 amide bonds. The summed E-state index contributed by atoms with van der Waals surface area (Å²) in [5.41, 5.74) is 0. The van der Waals surface area contributed by atoms with E-state index in [1.165, 1.54) is 0 Å². The zero-order valence-corrected chi connectivity index (χ0v) is 14.7. The van der Waals surface area contributed by atoms with Gasteiger partial charge in [-0.2, -0.15) is 0 Å². The van der Waals surface area contributed by atoms with Crippen LogP contribution in [0.5, 0.6) is 0 Å². The maximum absolute atomic E-state index is 11.7. The topological polar surface area (TPSA) is 96.4 Å². The van der Waals surface area contributed by atoms with Gasteiger partial charge < -0.3 is 30.2 Å². The first-order chi connectivity index (χ1) is 11.8. The number of amides is 2. The summed E-state index contributed by atoms with van der Waals surface area (Å²) in [4.78, 5) is 29.9. The number of nitrogens with zero attached hydrogens (tertiary/aromatic N) is 2. The fourth-order valence-corrected chi connectivity index (χ4v) is 2.52. The van der Waals surface area contributed by atoms with Gasteiger partial charge in [-0.1, -0.05) is 0 Å². The average Bonchev–Trinajstić information content (AvgIpc) is 2.58. The number of hydrogen-bond donors (Lipinski definition) is 3. The zero-order valence-electron chi connectivity index (χ0n) is 14.7. The van der Waals surface area contributed by atoms with Crippen LogP contribution in [-0.4, -0.2) is 54.5 Å². The van der Waals surface area contributed by atoms with Gasteiger partial charge in [-0.25, -0.2) is 13.1 Å². The Morgan fingerprint density at radius 3 is 2.08 bits per heavy atom. The summed E-state index contributed by atoms with van der Waals surface area (Å²) in [7, 11) is 0. The number of rotatable bonds is 8. The van der Waals surface area contributed by atoms with Gasteiger partial charge in [-0.3, -0.25) is 9.59 Å². The van der Waals surface area contributed by atoms with Gasteiger partial charge in [-0.05, 0) is 12.8 Å². The van der Waals surface area contributed by atoms with Gasteiger partial charge in [-0.15, -0.1) is 0 Å². The van der Waals surface area contributed by atoms with Gasteiger partial charge in [0.15, 0.2) is 6.29 Å². The quantitative estimate of drug-likeness (QED) is 0.562. The van der Waals surface area contributed by atoms with Crippen molar-refractivity contribution in [2.24, 2.45) is 5.92 Å². The molecule has 5 unspecified atom stereocenters. The van der Waals surface area contributed by atoms with E-state index in [0.717, 1.165) is 0 Å². The maximum Gasteiger partial charge on any atom is 0.229 e. The van der Waals surface area contributed by atoms with Crippen LogP contribution in [0.2, 0.25) is 0 Å². The summed E-state index contributed by atoms with van der Waals surface area (Å²) in [6.45, 7) is 17.6. The molecule has 1 rings (SSSR count). The molecule has 1 heterocycles. The Balaban J connectivity index is 2.28. The van der Waals surface area contributed by atoms with Crippen LogP contribution in [0, 0.1) is 19.1 Å².